The number of carbonyl (C=O) groups is 1. The van der Waals surface area contributed by atoms with E-state index in [9.17, 15) is 18.0 Å². The Hall–Kier alpha value is -2.92. The van der Waals surface area contributed by atoms with Crippen molar-refractivity contribution in [2.45, 2.75) is 19.1 Å². The van der Waals surface area contributed by atoms with Gasteiger partial charge in [-0.3, -0.25) is 4.79 Å². The number of H-pyrrole nitrogens is 1. The van der Waals surface area contributed by atoms with Crippen LogP contribution in [-0.4, -0.2) is 64.7 Å². The van der Waals surface area contributed by atoms with Crippen LogP contribution in [0.3, 0.4) is 0 Å². The Labute approximate surface area is 181 Å². The number of amides is 1. The van der Waals surface area contributed by atoms with Crippen molar-refractivity contribution in [1.82, 2.24) is 30.6 Å². The molecular formula is C19H21ClF3N7O. The van der Waals surface area contributed by atoms with E-state index in [1.807, 2.05) is 5.32 Å². The first-order valence-electron chi connectivity index (χ1n) is 9.41. The summed E-state index contributed by atoms with van der Waals surface area (Å²) in [6.45, 7) is 0.963. The summed E-state index contributed by atoms with van der Waals surface area (Å²) in [6, 6.07) is 2.45. The number of nitrogens with zero attached hydrogens (tertiary/aromatic N) is 4. The summed E-state index contributed by atoms with van der Waals surface area (Å²) in [7, 11) is 1.74. The first kappa shape index (κ1) is 22.8. The van der Waals surface area contributed by atoms with Gasteiger partial charge in [0.2, 0.25) is 5.91 Å². The van der Waals surface area contributed by atoms with Crippen LogP contribution in [0.25, 0.3) is 22.4 Å². The highest BCUT2D eigenvalue weighted by atomic mass is 35.5. The van der Waals surface area contributed by atoms with Crippen LogP contribution < -0.4 is 15.5 Å². The van der Waals surface area contributed by atoms with E-state index < -0.39 is 24.7 Å². The number of likely N-dealkylation sites (N-methyl/N-ethyl adjacent to an activating group) is 1. The van der Waals surface area contributed by atoms with Gasteiger partial charge in [-0.05, 0) is 26.1 Å². The van der Waals surface area contributed by atoms with Crippen LogP contribution in [0.4, 0.5) is 19.0 Å². The molecule has 3 rings (SSSR count). The zero-order valence-corrected chi connectivity index (χ0v) is 17.6. The molecule has 0 unspecified atom stereocenters. The molecule has 1 atom stereocenters. The Kier molecular flexibility index (Phi) is 6.96. The van der Waals surface area contributed by atoms with E-state index in [-0.39, 0.29) is 0 Å². The summed E-state index contributed by atoms with van der Waals surface area (Å²) in [5.41, 5.74) is 1.27. The molecule has 0 aliphatic rings. The number of alkyl halides is 3. The van der Waals surface area contributed by atoms with Crippen LogP contribution >= 0.6 is 11.6 Å². The van der Waals surface area contributed by atoms with Gasteiger partial charge < -0.3 is 20.5 Å². The van der Waals surface area contributed by atoms with Crippen LogP contribution in [0.2, 0.25) is 5.02 Å². The molecule has 0 bridgehead atoms. The number of aromatic nitrogens is 4. The number of pyridine rings is 1. The van der Waals surface area contributed by atoms with Crippen molar-refractivity contribution < 1.29 is 18.0 Å². The molecule has 0 aromatic carbocycles. The van der Waals surface area contributed by atoms with E-state index in [2.05, 4.69) is 25.3 Å². The zero-order valence-electron chi connectivity index (χ0n) is 16.8. The normalized spacial score (nSPS) is 12.7. The molecule has 0 spiro atoms. The van der Waals surface area contributed by atoms with E-state index >= 15 is 0 Å². The van der Waals surface area contributed by atoms with Crippen molar-refractivity contribution >= 4 is 34.4 Å². The lowest BCUT2D eigenvalue weighted by Gasteiger charge is -2.29. The van der Waals surface area contributed by atoms with E-state index in [1.165, 1.54) is 19.3 Å². The second-order valence-electron chi connectivity index (χ2n) is 6.80. The fourth-order valence-corrected chi connectivity index (χ4v) is 3.18. The minimum atomic E-state index is -4.49. The molecule has 31 heavy (non-hydrogen) atoms. The smallest absolute Gasteiger partial charge is 0.345 e. The maximum Gasteiger partial charge on any atom is 0.405 e. The van der Waals surface area contributed by atoms with Crippen LogP contribution in [0.15, 0.2) is 30.7 Å². The average Bonchev–Trinajstić information content (AvgIpc) is 3.15. The highest BCUT2D eigenvalue weighted by Gasteiger charge is 2.30. The molecule has 0 saturated heterocycles. The standard InChI is InChI=1S/C19H21ClF3N7O/c1-11(18(31)28-10-19(21,22)23)30(6-5-24-2)15-3-4-25-17(29-15)14-9-27-16-13(14)7-12(20)8-26-16/h3-4,7-9,11,24H,5-6,10H2,1-2H3,(H,26,27)(H,28,31)/t11-/m0/s1. The third kappa shape index (κ3) is 5.61. The van der Waals surface area contributed by atoms with Crippen molar-refractivity contribution in [3.63, 3.8) is 0 Å². The number of fused-ring (bicyclic) bond motifs is 1. The number of anilines is 1. The first-order chi connectivity index (χ1) is 14.7. The van der Waals surface area contributed by atoms with E-state index in [0.29, 0.717) is 41.0 Å². The van der Waals surface area contributed by atoms with Crippen molar-refractivity contribution in [2.24, 2.45) is 0 Å². The molecule has 8 nitrogen and oxygen atoms in total. The predicted octanol–water partition coefficient (Wildman–Crippen LogP) is 2.77. The fourth-order valence-electron chi connectivity index (χ4n) is 3.02. The second kappa shape index (κ2) is 9.48. The van der Waals surface area contributed by atoms with Gasteiger partial charge in [0, 0.05) is 42.6 Å². The Morgan fingerprint density at radius 1 is 1.35 bits per heavy atom. The Bertz CT molecular complexity index is 1060. The molecule has 0 fully saturated rings. The van der Waals surface area contributed by atoms with Gasteiger partial charge in [0.25, 0.3) is 0 Å². The number of rotatable bonds is 8. The number of halogens is 4. The highest BCUT2D eigenvalue weighted by Crippen LogP contribution is 2.28. The predicted molar refractivity (Wildman–Crippen MR) is 112 cm³/mol. The molecule has 0 saturated carbocycles. The molecule has 12 heteroatoms. The third-order valence-electron chi connectivity index (χ3n) is 4.59. The fraction of sp³-hybridized carbons (Fsp3) is 0.368. The third-order valence-corrected chi connectivity index (χ3v) is 4.79. The van der Waals surface area contributed by atoms with Gasteiger partial charge in [0.1, 0.15) is 24.1 Å². The zero-order chi connectivity index (χ0) is 22.6. The molecule has 0 aliphatic heterocycles. The Balaban J connectivity index is 1.91. The molecule has 0 radical (unpaired) electrons. The molecule has 166 valence electrons. The second-order valence-corrected chi connectivity index (χ2v) is 7.23. The van der Waals surface area contributed by atoms with Crippen molar-refractivity contribution in [1.29, 1.82) is 0 Å². The molecule has 3 aromatic heterocycles. The lowest BCUT2D eigenvalue weighted by Crippen LogP contribution is -2.49. The number of carbonyl (C=O) groups excluding carboxylic acids is 1. The van der Waals surface area contributed by atoms with Gasteiger partial charge in [-0.15, -0.1) is 0 Å². The number of nitrogens with one attached hydrogen (secondary N) is 3. The lowest BCUT2D eigenvalue weighted by molar-refractivity contribution is -0.139. The largest absolute Gasteiger partial charge is 0.405 e. The van der Waals surface area contributed by atoms with Gasteiger partial charge in [-0.25, -0.2) is 15.0 Å². The Morgan fingerprint density at radius 3 is 2.84 bits per heavy atom. The summed E-state index contributed by atoms with van der Waals surface area (Å²) in [5, 5.41) is 6.07. The molecule has 3 aromatic rings. The van der Waals surface area contributed by atoms with Crippen LogP contribution in [0.5, 0.6) is 0 Å². The summed E-state index contributed by atoms with van der Waals surface area (Å²) in [6.07, 6.45) is 0.256. The van der Waals surface area contributed by atoms with Gasteiger partial charge in [0.05, 0.1) is 5.02 Å². The molecule has 3 heterocycles. The SMILES string of the molecule is CNCCN(c1ccnc(-c2c[nH]c3ncc(Cl)cc23)n1)[C@@H](C)C(=O)NCC(F)(F)F. The number of hydrogen-bond acceptors (Lipinski definition) is 6. The lowest BCUT2D eigenvalue weighted by atomic mass is 10.2. The van der Waals surface area contributed by atoms with E-state index in [0.717, 1.165) is 5.39 Å². The maximum absolute atomic E-state index is 12.5. The Morgan fingerprint density at radius 2 is 2.13 bits per heavy atom. The molecule has 1 amide bonds. The first-order valence-corrected chi connectivity index (χ1v) is 9.79. The van der Waals surface area contributed by atoms with Gasteiger partial charge in [0.15, 0.2) is 5.82 Å². The van der Waals surface area contributed by atoms with Crippen molar-refractivity contribution in [2.75, 3.05) is 31.6 Å². The van der Waals surface area contributed by atoms with Crippen molar-refractivity contribution in [3.8, 4) is 11.4 Å². The van der Waals surface area contributed by atoms with Crippen molar-refractivity contribution in [3.05, 3.63) is 35.7 Å². The molecule has 3 N–H and O–H groups in total. The van der Waals surface area contributed by atoms with Gasteiger partial charge >= 0.3 is 6.18 Å². The van der Waals surface area contributed by atoms with Gasteiger partial charge in [-0.1, -0.05) is 11.6 Å². The minimum absolute atomic E-state index is 0.342. The van der Waals surface area contributed by atoms with Crippen LogP contribution in [0.1, 0.15) is 6.92 Å². The van der Waals surface area contributed by atoms with Crippen LogP contribution in [0, 0.1) is 0 Å². The summed E-state index contributed by atoms with van der Waals surface area (Å²) < 4.78 is 37.5. The highest BCUT2D eigenvalue weighted by molar-refractivity contribution is 6.31. The topological polar surface area (TPSA) is 98.8 Å². The quantitative estimate of drug-likeness (QED) is 0.483. The summed E-state index contributed by atoms with van der Waals surface area (Å²) in [4.78, 5) is 30.1. The molecule has 0 aliphatic carbocycles. The molecular weight excluding hydrogens is 435 g/mol. The summed E-state index contributed by atoms with van der Waals surface area (Å²) >= 11 is 6.06. The summed E-state index contributed by atoms with van der Waals surface area (Å²) in [5.74, 6) is 0.0149. The minimum Gasteiger partial charge on any atom is -0.345 e. The van der Waals surface area contributed by atoms with Crippen LogP contribution in [-0.2, 0) is 4.79 Å². The van der Waals surface area contributed by atoms with E-state index in [1.54, 1.807) is 30.3 Å². The monoisotopic (exact) mass is 455 g/mol. The number of hydrogen-bond donors (Lipinski definition) is 3. The average molecular weight is 456 g/mol. The van der Waals surface area contributed by atoms with E-state index in [4.69, 9.17) is 11.6 Å². The number of aromatic amines is 1. The maximum atomic E-state index is 12.5. The van der Waals surface area contributed by atoms with Gasteiger partial charge in [-0.2, -0.15) is 13.2 Å².